The largest absolute Gasteiger partial charge is 0.433 e. The van der Waals surface area contributed by atoms with Gasteiger partial charge in [-0.1, -0.05) is 0 Å². The van der Waals surface area contributed by atoms with E-state index in [2.05, 4.69) is 15.2 Å². The third-order valence-electron chi connectivity index (χ3n) is 4.93. The van der Waals surface area contributed by atoms with Crippen LogP contribution in [-0.2, 0) is 10.9 Å². The van der Waals surface area contributed by atoms with E-state index in [1.54, 1.807) is 4.90 Å². The summed E-state index contributed by atoms with van der Waals surface area (Å²) in [5.41, 5.74) is -0.726. The standard InChI is InChI=1S/C17H23F3N4O2/c1-12-11-23(14-4-8-26-9-5-14)6-7-24(12)16(25)22-13-2-3-15(21-10-13)17(18,19)20/h2-3,10,12,14H,4-9,11H2,1H3,(H,22,25)/t12-/m0/s1. The van der Waals surface area contributed by atoms with Crippen LogP contribution in [0.3, 0.4) is 0 Å². The number of nitrogens with zero attached hydrogens (tertiary/aromatic N) is 3. The number of amides is 2. The number of urea groups is 1. The second-order valence-electron chi connectivity index (χ2n) is 6.74. The number of anilines is 1. The predicted octanol–water partition coefficient (Wildman–Crippen LogP) is 2.82. The quantitative estimate of drug-likeness (QED) is 0.867. The zero-order chi connectivity index (χ0) is 18.7. The molecule has 2 aliphatic rings. The Morgan fingerprint density at radius 3 is 2.58 bits per heavy atom. The molecule has 2 aliphatic heterocycles. The van der Waals surface area contributed by atoms with Gasteiger partial charge in [0.1, 0.15) is 5.69 Å². The van der Waals surface area contributed by atoms with Gasteiger partial charge in [0.05, 0.1) is 11.9 Å². The molecule has 2 saturated heterocycles. The minimum absolute atomic E-state index is 0.0222. The Hall–Kier alpha value is -1.87. The third-order valence-corrected chi connectivity index (χ3v) is 4.93. The smallest absolute Gasteiger partial charge is 0.381 e. The van der Waals surface area contributed by atoms with E-state index >= 15 is 0 Å². The number of piperazine rings is 1. The van der Waals surface area contributed by atoms with Crippen molar-refractivity contribution >= 4 is 11.7 Å². The lowest BCUT2D eigenvalue weighted by atomic mass is 10.0. The molecule has 1 aromatic rings. The van der Waals surface area contributed by atoms with Crippen molar-refractivity contribution in [2.24, 2.45) is 0 Å². The van der Waals surface area contributed by atoms with Crippen LogP contribution in [0, 0.1) is 0 Å². The Morgan fingerprint density at radius 2 is 2.00 bits per heavy atom. The molecular weight excluding hydrogens is 349 g/mol. The van der Waals surface area contributed by atoms with Crippen LogP contribution in [0.4, 0.5) is 23.7 Å². The van der Waals surface area contributed by atoms with Gasteiger partial charge in [-0.15, -0.1) is 0 Å². The molecule has 26 heavy (non-hydrogen) atoms. The van der Waals surface area contributed by atoms with Gasteiger partial charge >= 0.3 is 12.2 Å². The summed E-state index contributed by atoms with van der Waals surface area (Å²) in [5, 5.41) is 2.63. The van der Waals surface area contributed by atoms with Gasteiger partial charge < -0.3 is 15.0 Å². The average molecular weight is 372 g/mol. The molecule has 2 amide bonds. The Labute approximate surface area is 150 Å². The first kappa shape index (κ1) is 18.9. The molecule has 3 heterocycles. The molecule has 6 nitrogen and oxygen atoms in total. The average Bonchev–Trinajstić information content (AvgIpc) is 2.62. The van der Waals surface area contributed by atoms with Gasteiger partial charge in [-0.25, -0.2) is 9.78 Å². The van der Waals surface area contributed by atoms with Gasteiger partial charge in [0.2, 0.25) is 0 Å². The maximum atomic E-state index is 12.5. The van der Waals surface area contributed by atoms with Crippen molar-refractivity contribution in [1.82, 2.24) is 14.8 Å². The number of pyridine rings is 1. The number of alkyl halides is 3. The summed E-state index contributed by atoms with van der Waals surface area (Å²) in [5.74, 6) is 0. The van der Waals surface area contributed by atoms with E-state index in [-0.39, 0.29) is 17.8 Å². The van der Waals surface area contributed by atoms with Crippen molar-refractivity contribution in [2.75, 3.05) is 38.2 Å². The van der Waals surface area contributed by atoms with Crippen molar-refractivity contribution in [2.45, 2.75) is 38.0 Å². The Bertz CT molecular complexity index is 617. The van der Waals surface area contributed by atoms with Crippen molar-refractivity contribution in [3.8, 4) is 0 Å². The molecule has 0 saturated carbocycles. The SMILES string of the molecule is C[C@H]1CN(C2CCOCC2)CCN1C(=O)Nc1ccc(C(F)(F)F)nc1. The van der Waals surface area contributed by atoms with Crippen LogP contribution in [0.25, 0.3) is 0 Å². The second kappa shape index (κ2) is 7.79. The molecule has 0 aromatic carbocycles. The number of nitrogens with one attached hydrogen (secondary N) is 1. The van der Waals surface area contributed by atoms with E-state index in [1.165, 1.54) is 6.07 Å². The van der Waals surface area contributed by atoms with Crippen LogP contribution in [0.15, 0.2) is 18.3 Å². The molecule has 0 unspecified atom stereocenters. The normalized spacial score (nSPS) is 23.1. The van der Waals surface area contributed by atoms with Crippen LogP contribution in [0.1, 0.15) is 25.5 Å². The van der Waals surface area contributed by atoms with Crippen molar-refractivity contribution in [3.05, 3.63) is 24.0 Å². The van der Waals surface area contributed by atoms with E-state index in [0.717, 1.165) is 51.4 Å². The minimum atomic E-state index is -4.49. The molecule has 0 aliphatic carbocycles. The summed E-state index contributed by atoms with van der Waals surface area (Å²) < 4.78 is 43.0. The number of carbonyl (C=O) groups excluding carboxylic acids is 1. The van der Waals surface area contributed by atoms with Gasteiger partial charge in [0.25, 0.3) is 0 Å². The monoisotopic (exact) mass is 372 g/mol. The fourth-order valence-electron chi connectivity index (χ4n) is 3.50. The highest BCUT2D eigenvalue weighted by atomic mass is 19.4. The Kier molecular flexibility index (Phi) is 5.67. The van der Waals surface area contributed by atoms with Crippen LogP contribution in [0.2, 0.25) is 0 Å². The highest BCUT2D eigenvalue weighted by Crippen LogP contribution is 2.28. The van der Waals surface area contributed by atoms with E-state index in [1.807, 2.05) is 6.92 Å². The molecule has 3 rings (SSSR count). The molecule has 1 atom stereocenters. The maximum Gasteiger partial charge on any atom is 0.433 e. The highest BCUT2D eigenvalue weighted by Gasteiger charge is 2.33. The van der Waals surface area contributed by atoms with Gasteiger partial charge in [0, 0.05) is 44.9 Å². The summed E-state index contributed by atoms with van der Waals surface area (Å²) in [6.45, 7) is 5.69. The first-order valence-corrected chi connectivity index (χ1v) is 8.77. The van der Waals surface area contributed by atoms with E-state index in [9.17, 15) is 18.0 Å². The zero-order valence-electron chi connectivity index (χ0n) is 14.6. The van der Waals surface area contributed by atoms with Gasteiger partial charge in [-0.05, 0) is 31.9 Å². The third kappa shape index (κ3) is 4.45. The molecule has 1 aromatic heterocycles. The van der Waals surface area contributed by atoms with Crippen LogP contribution < -0.4 is 5.32 Å². The number of aromatic nitrogens is 1. The summed E-state index contributed by atoms with van der Waals surface area (Å²) >= 11 is 0. The molecule has 0 bridgehead atoms. The maximum absolute atomic E-state index is 12.5. The van der Waals surface area contributed by atoms with E-state index in [0.29, 0.717) is 12.6 Å². The van der Waals surface area contributed by atoms with Crippen molar-refractivity contribution in [1.29, 1.82) is 0 Å². The number of hydrogen-bond donors (Lipinski definition) is 1. The van der Waals surface area contributed by atoms with Gasteiger partial charge in [-0.2, -0.15) is 13.2 Å². The molecule has 1 N–H and O–H groups in total. The zero-order valence-corrected chi connectivity index (χ0v) is 14.6. The predicted molar refractivity (Wildman–Crippen MR) is 89.8 cm³/mol. The first-order chi connectivity index (χ1) is 12.3. The molecule has 2 fully saturated rings. The van der Waals surface area contributed by atoms with Crippen molar-refractivity contribution in [3.63, 3.8) is 0 Å². The first-order valence-electron chi connectivity index (χ1n) is 8.77. The lowest BCUT2D eigenvalue weighted by molar-refractivity contribution is -0.141. The van der Waals surface area contributed by atoms with E-state index < -0.39 is 11.9 Å². The summed E-state index contributed by atoms with van der Waals surface area (Å²) in [6.07, 6.45) is -1.44. The fourth-order valence-corrected chi connectivity index (χ4v) is 3.50. The fraction of sp³-hybridized carbons (Fsp3) is 0.647. The lowest BCUT2D eigenvalue weighted by Gasteiger charge is -2.44. The minimum Gasteiger partial charge on any atom is -0.381 e. The van der Waals surface area contributed by atoms with Crippen molar-refractivity contribution < 1.29 is 22.7 Å². The topological polar surface area (TPSA) is 57.7 Å². The highest BCUT2D eigenvalue weighted by molar-refractivity contribution is 5.89. The summed E-state index contributed by atoms with van der Waals surface area (Å²) in [4.78, 5) is 19.9. The molecular formula is C17H23F3N4O2. The van der Waals surface area contributed by atoms with E-state index in [4.69, 9.17) is 4.74 Å². The summed E-state index contributed by atoms with van der Waals surface area (Å²) in [6, 6.07) is 2.29. The number of rotatable bonds is 2. The van der Waals surface area contributed by atoms with Crippen LogP contribution in [0.5, 0.6) is 0 Å². The molecule has 0 radical (unpaired) electrons. The van der Waals surface area contributed by atoms with Gasteiger partial charge in [0.15, 0.2) is 0 Å². The number of carbonyl (C=O) groups is 1. The van der Waals surface area contributed by atoms with Gasteiger partial charge in [-0.3, -0.25) is 4.90 Å². The molecule has 0 spiro atoms. The molecule has 9 heteroatoms. The second-order valence-corrected chi connectivity index (χ2v) is 6.74. The van der Waals surface area contributed by atoms with Crippen LogP contribution in [-0.4, -0.2) is 65.7 Å². The number of hydrogen-bond acceptors (Lipinski definition) is 4. The van der Waals surface area contributed by atoms with Crippen LogP contribution >= 0.6 is 0 Å². The summed E-state index contributed by atoms with van der Waals surface area (Å²) in [7, 11) is 0. The lowest BCUT2D eigenvalue weighted by Crippen LogP contribution is -2.58. The Balaban J connectivity index is 1.55. The number of ether oxygens (including phenoxy) is 1. The molecule has 144 valence electrons. The number of halogens is 3. The Morgan fingerprint density at radius 1 is 1.27 bits per heavy atom.